The largest absolute Gasteiger partial charge is 0.323 e. The molecule has 2 aliphatic heterocycles. The molecule has 3 rings (SSSR count). The van der Waals surface area contributed by atoms with E-state index in [2.05, 4.69) is 10.2 Å². The van der Waals surface area contributed by atoms with Gasteiger partial charge in [-0.25, -0.2) is 0 Å². The highest BCUT2D eigenvalue weighted by Crippen LogP contribution is 2.30. The quantitative estimate of drug-likeness (QED) is 0.903. The summed E-state index contributed by atoms with van der Waals surface area (Å²) in [5, 5.41) is 2.82. The number of carbonyl (C=O) groups is 2. The lowest BCUT2D eigenvalue weighted by Crippen LogP contribution is -2.52. The third-order valence-corrected chi connectivity index (χ3v) is 4.33. The zero-order chi connectivity index (χ0) is 14.8. The molecule has 1 aromatic rings. The highest BCUT2D eigenvalue weighted by atomic mass is 16.2. The van der Waals surface area contributed by atoms with E-state index in [0.717, 1.165) is 31.6 Å². The van der Waals surface area contributed by atoms with Crippen molar-refractivity contribution in [2.24, 2.45) is 0 Å². The second-order valence-corrected chi connectivity index (χ2v) is 5.76. The van der Waals surface area contributed by atoms with Crippen LogP contribution in [0, 0.1) is 0 Å². The molecule has 112 valence electrons. The van der Waals surface area contributed by atoms with Gasteiger partial charge < -0.3 is 5.32 Å². The molecule has 0 saturated carbocycles. The van der Waals surface area contributed by atoms with E-state index < -0.39 is 0 Å². The Balaban J connectivity index is 1.82. The number of fused-ring (bicyclic) bond motifs is 1. The molecular weight excluding hydrogens is 266 g/mol. The maximum atomic E-state index is 12.8. The number of amides is 2. The molecule has 1 saturated heterocycles. The van der Waals surface area contributed by atoms with Crippen molar-refractivity contribution in [1.82, 2.24) is 4.90 Å². The van der Waals surface area contributed by atoms with Crippen LogP contribution in [0.15, 0.2) is 24.3 Å². The van der Waals surface area contributed by atoms with E-state index in [0.29, 0.717) is 5.69 Å². The summed E-state index contributed by atoms with van der Waals surface area (Å²) in [4.78, 5) is 28.5. The maximum absolute atomic E-state index is 12.8. The first-order chi connectivity index (χ1) is 10.2. The van der Waals surface area contributed by atoms with Crippen LogP contribution in [0.5, 0.6) is 0 Å². The summed E-state index contributed by atoms with van der Waals surface area (Å²) in [5.74, 6) is -0.118. The van der Waals surface area contributed by atoms with E-state index >= 15 is 0 Å². The molecule has 2 amide bonds. The molecule has 0 radical (unpaired) electrons. The SMILES string of the molecule is C[C@H](C(=O)N1CC(=O)Nc2ccccc21)N1CCCCC1. The van der Waals surface area contributed by atoms with Gasteiger partial charge in [0, 0.05) is 0 Å². The number of para-hydroxylation sites is 2. The van der Waals surface area contributed by atoms with Crippen molar-refractivity contribution in [2.45, 2.75) is 32.2 Å². The van der Waals surface area contributed by atoms with Crippen LogP contribution >= 0.6 is 0 Å². The summed E-state index contributed by atoms with van der Waals surface area (Å²) < 4.78 is 0. The molecule has 0 spiro atoms. The fourth-order valence-electron chi connectivity index (χ4n) is 3.12. The van der Waals surface area contributed by atoms with E-state index in [9.17, 15) is 9.59 Å². The van der Waals surface area contributed by atoms with Crippen LogP contribution in [-0.2, 0) is 9.59 Å². The topological polar surface area (TPSA) is 52.7 Å². The third kappa shape index (κ3) is 2.78. The molecule has 1 aromatic carbocycles. The van der Waals surface area contributed by atoms with Crippen molar-refractivity contribution in [3.63, 3.8) is 0 Å². The van der Waals surface area contributed by atoms with Gasteiger partial charge in [-0.3, -0.25) is 19.4 Å². The van der Waals surface area contributed by atoms with Gasteiger partial charge >= 0.3 is 0 Å². The number of anilines is 2. The van der Waals surface area contributed by atoms with Crippen molar-refractivity contribution in [1.29, 1.82) is 0 Å². The number of piperidine rings is 1. The molecule has 5 nitrogen and oxygen atoms in total. The Morgan fingerprint density at radius 3 is 2.67 bits per heavy atom. The van der Waals surface area contributed by atoms with Crippen LogP contribution in [0.3, 0.4) is 0 Å². The van der Waals surface area contributed by atoms with Crippen LogP contribution in [0.4, 0.5) is 11.4 Å². The predicted octanol–water partition coefficient (Wildman–Crippen LogP) is 1.85. The Bertz CT molecular complexity index is 552. The summed E-state index contributed by atoms with van der Waals surface area (Å²) in [5.41, 5.74) is 1.51. The van der Waals surface area contributed by atoms with Gasteiger partial charge in [-0.15, -0.1) is 0 Å². The molecule has 21 heavy (non-hydrogen) atoms. The Kier molecular flexibility index (Phi) is 3.92. The fourth-order valence-corrected chi connectivity index (χ4v) is 3.12. The zero-order valence-electron chi connectivity index (χ0n) is 12.3. The third-order valence-electron chi connectivity index (χ3n) is 4.33. The van der Waals surface area contributed by atoms with Gasteiger partial charge in [0.05, 0.1) is 17.4 Å². The van der Waals surface area contributed by atoms with Crippen LogP contribution in [0.25, 0.3) is 0 Å². The molecule has 1 fully saturated rings. The number of nitrogens with zero attached hydrogens (tertiary/aromatic N) is 2. The molecule has 0 unspecified atom stereocenters. The first-order valence-electron chi connectivity index (χ1n) is 7.61. The standard InChI is InChI=1S/C16H21N3O2/c1-12(18-9-5-2-6-10-18)16(21)19-11-15(20)17-13-7-3-4-8-14(13)19/h3-4,7-8,12H,2,5-6,9-11H2,1H3,(H,17,20)/t12-/m1/s1. The van der Waals surface area contributed by atoms with Crippen molar-refractivity contribution in [2.75, 3.05) is 29.9 Å². The number of benzene rings is 1. The number of rotatable bonds is 2. The second-order valence-electron chi connectivity index (χ2n) is 5.76. The van der Waals surface area contributed by atoms with Gasteiger partial charge in [-0.2, -0.15) is 0 Å². The number of hydrogen-bond donors (Lipinski definition) is 1. The van der Waals surface area contributed by atoms with E-state index in [-0.39, 0.29) is 24.4 Å². The van der Waals surface area contributed by atoms with Gasteiger partial charge in [-0.1, -0.05) is 18.6 Å². The molecule has 5 heteroatoms. The summed E-state index contributed by atoms with van der Waals surface area (Å²) in [6.07, 6.45) is 3.54. The predicted molar refractivity (Wildman–Crippen MR) is 82.3 cm³/mol. The fraction of sp³-hybridized carbons (Fsp3) is 0.500. The Morgan fingerprint density at radius 2 is 1.90 bits per heavy atom. The molecule has 0 aromatic heterocycles. The average molecular weight is 287 g/mol. The van der Waals surface area contributed by atoms with Crippen molar-refractivity contribution >= 4 is 23.2 Å². The monoisotopic (exact) mass is 287 g/mol. The second kappa shape index (κ2) is 5.85. The lowest BCUT2D eigenvalue weighted by Gasteiger charge is -2.36. The normalized spacial score (nSPS) is 20.6. The zero-order valence-corrected chi connectivity index (χ0v) is 12.3. The molecule has 0 aliphatic carbocycles. The maximum Gasteiger partial charge on any atom is 0.244 e. The van der Waals surface area contributed by atoms with Gasteiger partial charge in [0.2, 0.25) is 11.8 Å². The van der Waals surface area contributed by atoms with Crippen LogP contribution in [0.2, 0.25) is 0 Å². The smallest absolute Gasteiger partial charge is 0.244 e. The summed E-state index contributed by atoms with van der Waals surface area (Å²) in [6, 6.07) is 7.29. The van der Waals surface area contributed by atoms with Gasteiger partial charge in [0.25, 0.3) is 0 Å². The van der Waals surface area contributed by atoms with E-state index in [4.69, 9.17) is 0 Å². The first-order valence-corrected chi connectivity index (χ1v) is 7.61. The van der Waals surface area contributed by atoms with Crippen LogP contribution < -0.4 is 10.2 Å². The molecule has 0 bridgehead atoms. The average Bonchev–Trinajstić information content (AvgIpc) is 2.53. The summed E-state index contributed by atoms with van der Waals surface area (Å²) >= 11 is 0. The minimum Gasteiger partial charge on any atom is -0.323 e. The molecular formula is C16H21N3O2. The van der Waals surface area contributed by atoms with Crippen molar-refractivity contribution in [3.8, 4) is 0 Å². The number of nitrogens with one attached hydrogen (secondary N) is 1. The molecule has 2 aliphatic rings. The van der Waals surface area contributed by atoms with Crippen molar-refractivity contribution in [3.05, 3.63) is 24.3 Å². The van der Waals surface area contributed by atoms with E-state index in [1.54, 1.807) is 4.90 Å². The minimum atomic E-state index is -0.177. The number of carbonyl (C=O) groups excluding carboxylic acids is 2. The first kappa shape index (κ1) is 14.1. The minimum absolute atomic E-state index is 0.0131. The van der Waals surface area contributed by atoms with Crippen LogP contribution in [-0.4, -0.2) is 42.4 Å². The van der Waals surface area contributed by atoms with Crippen LogP contribution in [0.1, 0.15) is 26.2 Å². The number of hydrogen-bond acceptors (Lipinski definition) is 3. The Labute approximate surface area is 124 Å². The highest BCUT2D eigenvalue weighted by Gasteiger charge is 2.32. The Hall–Kier alpha value is -1.88. The number of likely N-dealkylation sites (tertiary alicyclic amines) is 1. The van der Waals surface area contributed by atoms with Gasteiger partial charge in [0.1, 0.15) is 6.54 Å². The molecule has 1 N–H and O–H groups in total. The van der Waals surface area contributed by atoms with E-state index in [1.165, 1.54) is 6.42 Å². The van der Waals surface area contributed by atoms with Gasteiger partial charge in [0.15, 0.2) is 0 Å². The lowest BCUT2D eigenvalue weighted by molar-refractivity contribution is -0.125. The summed E-state index contributed by atoms with van der Waals surface area (Å²) in [7, 11) is 0. The summed E-state index contributed by atoms with van der Waals surface area (Å²) in [6.45, 7) is 3.99. The molecule has 2 heterocycles. The highest BCUT2D eigenvalue weighted by molar-refractivity contribution is 6.11. The lowest BCUT2D eigenvalue weighted by atomic mass is 10.1. The molecule has 1 atom stereocenters. The van der Waals surface area contributed by atoms with E-state index in [1.807, 2.05) is 31.2 Å². The van der Waals surface area contributed by atoms with Crippen molar-refractivity contribution < 1.29 is 9.59 Å². The Morgan fingerprint density at radius 1 is 1.19 bits per heavy atom. The van der Waals surface area contributed by atoms with Gasteiger partial charge in [-0.05, 0) is 45.0 Å².